The molecule has 1 aromatic carbocycles. The van der Waals surface area contributed by atoms with Crippen molar-refractivity contribution in [2.24, 2.45) is 0 Å². The van der Waals surface area contributed by atoms with Crippen LogP contribution in [0.5, 0.6) is 0 Å². The summed E-state index contributed by atoms with van der Waals surface area (Å²) in [6, 6.07) is 9.32. The molecule has 35 heavy (non-hydrogen) atoms. The molecular formula is C25H22F4N6. The SMILES string of the molecule is C=CNc1cn[nH]c1C(=C)Nc1cncc(-c2cccc(F)c2)c1.Cc1cncc(C(F)(F)F)c1. The van der Waals surface area contributed by atoms with Gasteiger partial charge in [-0.15, -0.1) is 0 Å². The summed E-state index contributed by atoms with van der Waals surface area (Å²) in [7, 11) is 0. The minimum Gasteiger partial charge on any atom is -0.359 e. The highest BCUT2D eigenvalue weighted by Crippen LogP contribution is 2.28. The quantitative estimate of drug-likeness (QED) is 0.268. The molecule has 3 N–H and O–H groups in total. The largest absolute Gasteiger partial charge is 0.417 e. The number of rotatable bonds is 6. The maximum atomic E-state index is 13.4. The number of anilines is 2. The monoisotopic (exact) mass is 482 g/mol. The van der Waals surface area contributed by atoms with Gasteiger partial charge in [-0.1, -0.05) is 25.3 Å². The lowest BCUT2D eigenvalue weighted by atomic mass is 10.1. The number of pyridine rings is 2. The van der Waals surface area contributed by atoms with Gasteiger partial charge in [-0.05, 0) is 48.5 Å². The number of hydrogen-bond acceptors (Lipinski definition) is 5. The zero-order valence-electron chi connectivity index (χ0n) is 18.7. The van der Waals surface area contributed by atoms with Gasteiger partial charge in [-0.3, -0.25) is 15.1 Å². The zero-order valence-corrected chi connectivity index (χ0v) is 18.7. The number of nitrogens with one attached hydrogen (secondary N) is 3. The number of benzene rings is 1. The number of H-pyrrole nitrogens is 1. The van der Waals surface area contributed by atoms with Crippen molar-refractivity contribution in [2.75, 3.05) is 10.6 Å². The van der Waals surface area contributed by atoms with Gasteiger partial charge in [0, 0.05) is 24.2 Å². The molecule has 6 nitrogen and oxygen atoms in total. The topological polar surface area (TPSA) is 78.5 Å². The molecule has 0 spiro atoms. The molecule has 0 saturated carbocycles. The van der Waals surface area contributed by atoms with E-state index in [1.807, 2.05) is 12.1 Å². The van der Waals surface area contributed by atoms with E-state index >= 15 is 0 Å². The summed E-state index contributed by atoms with van der Waals surface area (Å²) in [5.74, 6) is -0.284. The molecule has 0 fully saturated rings. The normalized spacial score (nSPS) is 10.7. The van der Waals surface area contributed by atoms with Crippen LogP contribution < -0.4 is 10.6 Å². The standard InChI is InChI=1S/C18H16FN5.C7H6F3N/c1-3-21-17-11-22-24-18(17)12(2)23-16-8-14(9-20-10-16)13-5-4-6-15(19)7-13;1-5-2-6(4-11-3-5)7(8,9)10/h3-11,21,23H,1-2H2,(H,22,24);2-4H,1H3. The van der Waals surface area contributed by atoms with E-state index in [-0.39, 0.29) is 5.82 Å². The molecule has 0 atom stereocenters. The van der Waals surface area contributed by atoms with Gasteiger partial charge >= 0.3 is 6.18 Å². The van der Waals surface area contributed by atoms with Crippen LogP contribution in [0.15, 0.2) is 86.7 Å². The number of aryl methyl sites for hydroxylation is 1. The Morgan fingerprint density at radius 2 is 1.77 bits per heavy atom. The van der Waals surface area contributed by atoms with Gasteiger partial charge in [-0.25, -0.2) is 4.39 Å². The van der Waals surface area contributed by atoms with Crippen LogP contribution in [0.4, 0.5) is 28.9 Å². The van der Waals surface area contributed by atoms with Crippen LogP contribution in [0.3, 0.4) is 0 Å². The van der Waals surface area contributed by atoms with E-state index in [4.69, 9.17) is 0 Å². The molecule has 180 valence electrons. The van der Waals surface area contributed by atoms with E-state index in [2.05, 4.69) is 44.0 Å². The summed E-state index contributed by atoms with van der Waals surface area (Å²) < 4.78 is 49.2. The molecule has 3 heterocycles. The zero-order chi connectivity index (χ0) is 25.4. The minimum atomic E-state index is -4.28. The maximum absolute atomic E-state index is 13.4. The van der Waals surface area contributed by atoms with Crippen LogP contribution in [0.1, 0.15) is 16.8 Å². The van der Waals surface area contributed by atoms with E-state index in [0.29, 0.717) is 17.0 Å². The summed E-state index contributed by atoms with van der Waals surface area (Å²) in [5, 5.41) is 13.0. The van der Waals surface area contributed by atoms with Gasteiger partial charge in [0.2, 0.25) is 0 Å². The molecule has 4 rings (SSSR count). The molecule has 0 saturated heterocycles. The highest BCUT2D eigenvalue weighted by Gasteiger charge is 2.30. The molecule has 4 aromatic rings. The third-order valence-electron chi connectivity index (χ3n) is 4.59. The van der Waals surface area contributed by atoms with Crippen LogP contribution in [-0.4, -0.2) is 20.2 Å². The molecular weight excluding hydrogens is 460 g/mol. The van der Waals surface area contributed by atoms with Gasteiger partial charge < -0.3 is 10.6 Å². The Hall–Kier alpha value is -4.47. The second-order valence-corrected chi connectivity index (χ2v) is 7.33. The third kappa shape index (κ3) is 7.00. The number of nitrogens with zero attached hydrogens (tertiary/aromatic N) is 3. The molecule has 10 heteroatoms. The Labute approximate surface area is 199 Å². The fraction of sp³-hybridized carbons (Fsp3) is 0.0800. The summed E-state index contributed by atoms with van der Waals surface area (Å²) in [6.07, 6.45) is 4.48. The molecule has 0 aliphatic heterocycles. The summed E-state index contributed by atoms with van der Waals surface area (Å²) in [5.41, 5.74) is 4.21. The molecule has 0 unspecified atom stereocenters. The highest BCUT2D eigenvalue weighted by molar-refractivity contribution is 5.81. The van der Waals surface area contributed by atoms with Crippen molar-refractivity contribution >= 4 is 17.1 Å². The Morgan fingerprint density at radius 3 is 2.43 bits per heavy atom. The summed E-state index contributed by atoms with van der Waals surface area (Å²) in [4.78, 5) is 7.63. The highest BCUT2D eigenvalue weighted by atomic mass is 19.4. The Bertz CT molecular complexity index is 1310. The minimum absolute atomic E-state index is 0.284. The van der Waals surface area contributed by atoms with Crippen molar-refractivity contribution in [2.45, 2.75) is 13.1 Å². The number of halogens is 4. The van der Waals surface area contributed by atoms with Crippen molar-refractivity contribution in [3.63, 3.8) is 0 Å². The molecule has 0 amide bonds. The first-order valence-electron chi connectivity index (χ1n) is 10.2. The fourth-order valence-electron chi connectivity index (χ4n) is 3.02. The molecule has 0 aliphatic rings. The maximum Gasteiger partial charge on any atom is 0.417 e. The van der Waals surface area contributed by atoms with Crippen molar-refractivity contribution in [1.29, 1.82) is 0 Å². The van der Waals surface area contributed by atoms with Crippen molar-refractivity contribution < 1.29 is 17.6 Å². The summed E-state index contributed by atoms with van der Waals surface area (Å²) in [6.45, 7) is 9.21. The van der Waals surface area contributed by atoms with Crippen LogP contribution in [0.2, 0.25) is 0 Å². The average molecular weight is 482 g/mol. The Kier molecular flexibility index (Phi) is 7.98. The first-order valence-corrected chi connectivity index (χ1v) is 10.2. The predicted molar refractivity (Wildman–Crippen MR) is 129 cm³/mol. The fourth-order valence-corrected chi connectivity index (χ4v) is 3.02. The second kappa shape index (κ2) is 11.1. The lowest BCUT2D eigenvalue weighted by Crippen LogP contribution is -2.05. The number of alkyl halides is 3. The predicted octanol–water partition coefficient (Wildman–Crippen LogP) is 6.66. The number of aromatic amines is 1. The average Bonchev–Trinajstić information content (AvgIpc) is 3.28. The van der Waals surface area contributed by atoms with E-state index in [1.54, 1.807) is 37.8 Å². The van der Waals surface area contributed by atoms with Gasteiger partial charge in [0.05, 0.1) is 35.0 Å². The lowest BCUT2D eigenvalue weighted by molar-refractivity contribution is -0.137. The van der Waals surface area contributed by atoms with E-state index in [1.165, 1.54) is 18.3 Å². The lowest BCUT2D eigenvalue weighted by Gasteiger charge is -2.11. The van der Waals surface area contributed by atoms with Crippen molar-refractivity contribution in [1.82, 2.24) is 20.2 Å². The molecule has 3 aromatic heterocycles. The van der Waals surface area contributed by atoms with E-state index < -0.39 is 11.7 Å². The van der Waals surface area contributed by atoms with Crippen LogP contribution >= 0.6 is 0 Å². The smallest absolute Gasteiger partial charge is 0.359 e. The van der Waals surface area contributed by atoms with Crippen LogP contribution in [-0.2, 0) is 6.18 Å². The Morgan fingerprint density at radius 1 is 1.00 bits per heavy atom. The Balaban J connectivity index is 0.000000261. The van der Waals surface area contributed by atoms with Gasteiger partial charge in [-0.2, -0.15) is 18.3 Å². The van der Waals surface area contributed by atoms with Crippen molar-refractivity contribution in [3.05, 3.63) is 109 Å². The van der Waals surface area contributed by atoms with Crippen LogP contribution in [0, 0.1) is 12.7 Å². The van der Waals surface area contributed by atoms with Crippen molar-refractivity contribution in [3.8, 4) is 11.1 Å². The molecule has 0 bridgehead atoms. The molecule has 0 aliphatic carbocycles. The van der Waals surface area contributed by atoms with Gasteiger partial charge in [0.15, 0.2) is 0 Å². The number of hydrogen-bond donors (Lipinski definition) is 3. The first kappa shape index (κ1) is 25.2. The van der Waals surface area contributed by atoms with E-state index in [9.17, 15) is 17.6 Å². The number of aromatic nitrogens is 4. The first-order chi connectivity index (χ1) is 16.7. The van der Waals surface area contributed by atoms with E-state index in [0.717, 1.165) is 34.8 Å². The van der Waals surface area contributed by atoms with Gasteiger partial charge in [0.1, 0.15) is 11.5 Å². The molecule has 0 radical (unpaired) electrons. The van der Waals surface area contributed by atoms with Crippen LogP contribution in [0.25, 0.3) is 16.8 Å². The third-order valence-corrected chi connectivity index (χ3v) is 4.59. The second-order valence-electron chi connectivity index (χ2n) is 7.33. The van der Waals surface area contributed by atoms with Gasteiger partial charge in [0.25, 0.3) is 0 Å². The summed E-state index contributed by atoms with van der Waals surface area (Å²) >= 11 is 0.